The second-order valence-corrected chi connectivity index (χ2v) is 6.86. The monoisotopic (exact) mass is 411 g/mol. The molecule has 0 amide bonds. The molecular weight excluding hydrogens is 398 g/mol. The molecule has 0 aliphatic heterocycles. The van der Waals surface area contributed by atoms with E-state index >= 15 is 0 Å². The number of benzene rings is 2. The van der Waals surface area contributed by atoms with E-state index < -0.39 is 0 Å². The predicted octanol–water partition coefficient (Wildman–Crippen LogP) is 5.56. The van der Waals surface area contributed by atoms with E-state index in [9.17, 15) is 5.26 Å². The first-order valence-corrected chi connectivity index (χ1v) is 9.09. The van der Waals surface area contributed by atoms with Crippen LogP contribution in [0, 0.1) is 11.3 Å². The number of allylic oxidation sites excluding steroid dienone is 1. The number of nitrogens with one attached hydrogen (secondary N) is 1. The third-order valence-electron chi connectivity index (χ3n) is 3.45. The highest BCUT2D eigenvalue weighted by atomic mass is 79.9. The summed E-state index contributed by atoms with van der Waals surface area (Å²) in [6, 6.07) is 17.6. The van der Waals surface area contributed by atoms with E-state index in [-0.39, 0.29) is 0 Å². The molecule has 4 nitrogen and oxygen atoms in total. The fraction of sp³-hybridized carbons (Fsp3) is 0.0526. The molecule has 1 N–H and O–H groups in total. The molecule has 0 radical (unpaired) electrons. The van der Waals surface area contributed by atoms with Crippen LogP contribution in [0.25, 0.3) is 16.8 Å². The van der Waals surface area contributed by atoms with Gasteiger partial charge in [0.05, 0.1) is 12.8 Å². The van der Waals surface area contributed by atoms with Gasteiger partial charge in [-0.1, -0.05) is 28.1 Å². The Hall–Kier alpha value is -2.62. The van der Waals surface area contributed by atoms with Crippen molar-refractivity contribution in [1.29, 1.82) is 5.26 Å². The van der Waals surface area contributed by atoms with E-state index in [0.717, 1.165) is 27.2 Å². The van der Waals surface area contributed by atoms with Gasteiger partial charge in [-0.2, -0.15) is 5.26 Å². The molecule has 25 heavy (non-hydrogen) atoms. The topological polar surface area (TPSA) is 57.9 Å². The Morgan fingerprint density at radius 2 is 2.08 bits per heavy atom. The Labute approximate surface area is 158 Å². The summed E-state index contributed by atoms with van der Waals surface area (Å²) in [6.07, 6.45) is 1.67. The number of nitrogens with zero attached hydrogens (tertiary/aromatic N) is 2. The van der Waals surface area contributed by atoms with Crippen LogP contribution in [0.4, 0.5) is 5.69 Å². The molecule has 0 aliphatic carbocycles. The van der Waals surface area contributed by atoms with Crippen molar-refractivity contribution in [3.63, 3.8) is 0 Å². The molecule has 0 atom stereocenters. The maximum Gasteiger partial charge on any atom is 0.136 e. The first-order chi connectivity index (χ1) is 12.2. The van der Waals surface area contributed by atoms with Crippen LogP contribution >= 0.6 is 27.3 Å². The molecule has 0 spiro atoms. The number of thiazole rings is 1. The third kappa shape index (κ3) is 4.27. The van der Waals surface area contributed by atoms with Crippen molar-refractivity contribution in [3.8, 4) is 23.1 Å². The summed E-state index contributed by atoms with van der Waals surface area (Å²) in [6.45, 7) is 0. The molecule has 3 rings (SSSR count). The van der Waals surface area contributed by atoms with Gasteiger partial charge in [0.1, 0.15) is 22.4 Å². The Bertz CT molecular complexity index is 942. The number of ether oxygens (including phenoxy) is 1. The van der Waals surface area contributed by atoms with E-state index in [1.54, 1.807) is 13.3 Å². The molecular formula is C19H14BrN3OS. The maximum atomic E-state index is 9.44. The number of nitriles is 1. The van der Waals surface area contributed by atoms with Crippen molar-refractivity contribution in [2.75, 3.05) is 12.4 Å². The number of anilines is 1. The molecule has 1 aromatic heterocycles. The lowest BCUT2D eigenvalue weighted by Crippen LogP contribution is -1.91. The van der Waals surface area contributed by atoms with E-state index in [0.29, 0.717) is 10.6 Å². The zero-order valence-electron chi connectivity index (χ0n) is 13.4. The fourth-order valence-corrected chi connectivity index (χ4v) is 3.36. The summed E-state index contributed by atoms with van der Waals surface area (Å²) in [5, 5.41) is 15.2. The van der Waals surface area contributed by atoms with Gasteiger partial charge >= 0.3 is 0 Å². The fourth-order valence-electron chi connectivity index (χ4n) is 2.16. The van der Waals surface area contributed by atoms with Crippen molar-refractivity contribution in [2.45, 2.75) is 0 Å². The van der Waals surface area contributed by atoms with E-state index in [1.807, 2.05) is 53.9 Å². The molecule has 2 aromatic carbocycles. The summed E-state index contributed by atoms with van der Waals surface area (Å²) in [7, 11) is 1.63. The quantitative estimate of drug-likeness (QED) is 0.558. The molecule has 0 aliphatic rings. The van der Waals surface area contributed by atoms with Crippen LogP contribution in [0.1, 0.15) is 5.01 Å². The standard InChI is InChI=1S/C19H14BrN3OS/c1-24-17-7-5-16(6-8-17)22-11-14(10-21)19-23-18(12-25-19)13-3-2-4-15(20)9-13/h2-9,11-12,22H,1H3/b14-11-. The molecule has 6 heteroatoms. The highest BCUT2D eigenvalue weighted by Gasteiger charge is 2.09. The zero-order chi connectivity index (χ0) is 17.6. The predicted molar refractivity (Wildman–Crippen MR) is 105 cm³/mol. The maximum absolute atomic E-state index is 9.44. The van der Waals surface area contributed by atoms with Gasteiger partial charge in [-0.3, -0.25) is 0 Å². The Morgan fingerprint density at radius 3 is 2.76 bits per heavy atom. The molecule has 124 valence electrons. The zero-order valence-corrected chi connectivity index (χ0v) is 15.8. The van der Waals surface area contributed by atoms with Crippen molar-refractivity contribution < 1.29 is 4.74 Å². The highest BCUT2D eigenvalue weighted by molar-refractivity contribution is 9.10. The number of hydrogen-bond acceptors (Lipinski definition) is 5. The van der Waals surface area contributed by atoms with Crippen LogP contribution in [0.15, 0.2) is 64.6 Å². The lowest BCUT2D eigenvalue weighted by atomic mass is 10.2. The summed E-state index contributed by atoms with van der Waals surface area (Å²) in [5.74, 6) is 0.786. The van der Waals surface area contributed by atoms with Gasteiger partial charge in [0, 0.05) is 27.3 Å². The van der Waals surface area contributed by atoms with Gasteiger partial charge in [0.15, 0.2) is 0 Å². The van der Waals surface area contributed by atoms with Gasteiger partial charge in [-0.25, -0.2) is 4.98 Å². The van der Waals surface area contributed by atoms with Gasteiger partial charge in [-0.15, -0.1) is 11.3 Å². The first-order valence-electron chi connectivity index (χ1n) is 7.42. The Kier molecular flexibility index (Phi) is 5.49. The number of hydrogen-bond donors (Lipinski definition) is 1. The average molecular weight is 412 g/mol. The van der Waals surface area contributed by atoms with Gasteiger partial charge in [-0.05, 0) is 36.4 Å². The molecule has 0 bridgehead atoms. The van der Waals surface area contributed by atoms with E-state index in [1.165, 1.54) is 11.3 Å². The van der Waals surface area contributed by atoms with Gasteiger partial charge in [0.2, 0.25) is 0 Å². The Morgan fingerprint density at radius 1 is 1.28 bits per heavy atom. The molecule has 0 saturated carbocycles. The lowest BCUT2D eigenvalue weighted by Gasteiger charge is -2.03. The largest absolute Gasteiger partial charge is 0.497 e. The molecule has 0 unspecified atom stereocenters. The minimum Gasteiger partial charge on any atom is -0.497 e. The van der Waals surface area contributed by atoms with Crippen LogP contribution in [0.3, 0.4) is 0 Å². The number of aromatic nitrogens is 1. The normalized spacial score (nSPS) is 11.0. The molecule has 0 fully saturated rings. The van der Waals surface area contributed by atoms with Crippen LogP contribution in [-0.4, -0.2) is 12.1 Å². The van der Waals surface area contributed by atoms with Crippen molar-refractivity contribution >= 4 is 38.5 Å². The third-order valence-corrected chi connectivity index (χ3v) is 4.82. The second-order valence-electron chi connectivity index (χ2n) is 5.09. The van der Waals surface area contributed by atoms with Crippen LogP contribution in [0.2, 0.25) is 0 Å². The first kappa shape index (κ1) is 17.2. The lowest BCUT2D eigenvalue weighted by molar-refractivity contribution is 0.415. The minimum atomic E-state index is 0.488. The number of rotatable bonds is 5. The summed E-state index contributed by atoms with van der Waals surface area (Å²) >= 11 is 4.91. The van der Waals surface area contributed by atoms with E-state index in [2.05, 4.69) is 32.3 Å². The number of halogens is 1. The van der Waals surface area contributed by atoms with Gasteiger partial charge < -0.3 is 10.1 Å². The number of methoxy groups -OCH3 is 1. The van der Waals surface area contributed by atoms with Crippen molar-refractivity contribution in [1.82, 2.24) is 4.98 Å². The average Bonchev–Trinajstić information content (AvgIpc) is 3.13. The summed E-state index contributed by atoms with van der Waals surface area (Å²) < 4.78 is 6.13. The van der Waals surface area contributed by atoms with E-state index in [4.69, 9.17) is 4.74 Å². The molecule has 3 aromatic rings. The van der Waals surface area contributed by atoms with Crippen LogP contribution < -0.4 is 10.1 Å². The molecule has 0 saturated heterocycles. The van der Waals surface area contributed by atoms with Gasteiger partial charge in [0.25, 0.3) is 0 Å². The van der Waals surface area contributed by atoms with Crippen molar-refractivity contribution in [2.24, 2.45) is 0 Å². The highest BCUT2D eigenvalue weighted by Crippen LogP contribution is 2.27. The molecule has 1 heterocycles. The van der Waals surface area contributed by atoms with Crippen LogP contribution in [0.5, 0.6) is 5.75 Å². The second kappa shape index (κ2) is 7.97. The van der Waals surface area contributed by atoms with Crippen LogP contribution in [-0.2, 0) is 0 Å². The summed E-state index contributed by atoms with van der Waals surface area (Å²) in [5.41, 5.74) is 3.23. The minimum absolute atomic E-state index is 0.488. The summed E-state index contributed by atoms with van der Waals surface area (Å²) in [4.78, 5) is 4.58. The smallest absolute Gasteiger partial charge is 0.136 e. The SMILES string of the molecule is COc1ccc(N/C=C(/C#N)c2nc(-c3cccc(Br)c3)cs2)cc1. The van der Waals surface area contributed by atoms with Crippen molar-refractivity contribution in [3.05, 3.63) is 69.6 Å². The Balaban J connectivity index is 1.80.